The fourth-order valence-corrected chi connectivity index (χ4v) is 8.71. The molecule has 2 heteroatoms. The van der Waals surface area contributed by atoms with Crippen LogP contribution in [0.25, 0.3) is 0 Å². The molecule has 2 aromatic carbocycles. The largest absolute Gasteiger partial charge is 0.102 e. The lowest BCUT2D eigenvalue weighted by Gasteiger charge is -2.26. The minimum atomic E-state index is 0.240. The summed E-state index contributed by atoms with van der Waals surface area (Å²) in [7, 11) is 0.481. The normalized spacial score (nSPS) is 22.7. The second kappa shape index (κ2) is 8.81. The summed E-state index contributed by atoms with van der Waals surface area (Å²) in [5.41, 5.74) is 3.11. The van der Waals surface area contributed by atoms with Crippen molar-refractivity contribution < 1.29 is 0 Å². The van der Waals surface area contributed by atoms with Crippen LogP contribution >= 0.6 is 15.8 Å². The van der Waals surface area contributed by atoms with Crippen molar-refractivity contribution in [2.45, 2.75) is 25.2 Å². The number of hydrogen-bond acceptors (Lipinski definition) is 0. The minimum Gasteiger partial charge on any atom is -0.102 e. The van der Waals surface area contributed by atoms with Crippen molar-refractivity contribution in [3.63, 3.8) is 0 Å². The summed E-state index contributed by atoms with van der Waals surface area (Å²) < 4.78 is 0. The summed E-state index contributed by atoms with van der Waals surface area (Å²) >= 11 is 0. The lowest BCUT2D eigenvalue weighted by Crippen LogP contribution is -2.05. The van der Waals surface area contributed by atoms with E-state index in [0.717, 1.165) is 0 Å². The Hall–Kier alpha value is -0.700. The predicted molar refractivity (Wildman–Crippen MR) is 103 cm³/mol. The van der Waals surface area contributed by atoms with Crippen LogP contribution in [-0.2, 0) is 12.3 Å². The van der Waals surface area contributed by atoms with Gasteiger partial charge in [0.05, 0.1) is 0 Å². The summed E-state index contributed by atoms with van der Waals surface area (Å²) in [6, 6.07) is 22.3. The molecule has 0 nitrogen and oxygen atoms in total. The quantitative estimate of drug-likeness (QED) is 0.591. The average molecular weight is 328 g/mol. The molecule has 0 bridgehead atoms. The molecule has 1 aliphatic heterocycles. The maximum atomic E-state index is 2.31. The van der Waals surface area contributed by atoms with Gasteiger partial charge in [-0.3, -0.25) is 0 Å². The van der Waals surface area contributed by atoms with Crippen LogP contribution in [0.3, 0.4) is 0 Å². The van der Waals surface area contributed by atoms with Crippen LogP contribution in [0, 0.1) is 0 Å². The minimum absolute atomic E-state index is 0.240. The zero-order valence-corrected chi connectivity index (χ0v) is 15.1. The van der Waals surface area contributed by atoms with Gasteiger partial charge in [0.15, 0.2) is 0 Å². The molecule has 0 aromatic heterocycles. The van der Waals surface area contributed by atoms with Crippen molar-refractivity contribution in [3.8, 4) is 0 Å². The van der Waals surface area contributed by atoms with Crippen LogP contribution in [0.15, 0.2) is 60.7 Å². The van der Waals surface area contributed by atoms with Gasteiger partial charge in [0.2, 0.25) is 0 Å². The molecule has 116 valence electrons. The monoisotopic (exact) mass is 328 g/mol. The van der Waals surface area contributed by atoms with Crippen molar-refractivity contribution >= 4 is 15.8 Å². The number of rotatable bonds is 4. The third kappa shape index (κ3) is 5.19. The highest BCUT2D eigenvalue weighted by Crippen LogP contribution is 2.49. The van der Waals surface area contributed by atoms with Gasteiger partial charge in [-0.2, -0.15) is 0 Å². The molecular formula is C20H26P2. The van der Waals surface area contributed by atoms with Crippen LogP contribution in [-0.4, -0.2) is 24.6 Å². The predicted octanol–water partition coefficient (Wildman–Crippen LogP) is 6.14. The maximum absolute atomic E-state index is 2.31. The molecule has 1 fully saturated rings. The Labute approximate surface area is 137 Å². The summed E-state index contributed by atoms with van der Waals surface area (Å²) in [5, 5.41) is 0. The number of hydrogen-bond donors (Lipinski definition) is 0. The van der Waals surface area contributed by atoms with E-state index >= 15 is 0 Å². The zero-order valence-electron chi connectivity index (χ0n) is 13.3. The summed E-state index contributed by atoms with van der Waals surface area (Å²) in [6.45, 7) is 0. The Morgan fingerprint density at radius 3 is 1.27 bits per heavy atom. The molecule has 0 unspecified atom stereocenters. The summed E-state index contributed by atoms with van der Waals surface area (Å²) in [6.07, 6.45) is 11.6. The maximum Gasteiger partial charge on any atom is -0.00731 e. The Bertz CT molecular complexity index is 479. The van der Waals surface area contributed by atoms with E-state index in [1.165, 1.54) is 49.8 Å². The van der Waals surface area contributed by atoms with Crippen molar-refractivity contribution in [2.75, 3.05) is 24.6 Å². The molecule has 2 aromatic rings. The third-order valence-electron chi connectivity index (χ3n) is 4.40. The lowest BCUT2D eigenvalue weighted by atomic mass is 10.2. The smallest absolute Gasteiger partial charge is 0.00731 e. The van der Waals surface area contributed by atoms with Gasteiger partial charge < -0.3 is 0 Å². The molecule has 0 amide bonds. The van der Waals surface area contributed by atoms with Gasteiger partial charge in [-0.15, -0.1) is 15.8 Å². The van der Waals surface area contributed by atoms with Gasteiger partial charge >= 0.3 is 0 Å². The third-order valence-corrected chi connectivity index (χ3v) is 9.81. The van der Waals surface area contributed by atoms with Crippen LogP contribution in [0.5, 0.6) is 0 Å². The van der Waals surface area contributed by atoms with Gasteiger partial charge in [-0.05, 0) is 60.9 Å². The standard InChI is InChI=1S/C20H26P2/c1-3-9-19(10-4-1)17-21-13-7-15-22(16-8-14-21)18-20-11-5-2-6-12-20/h1-6,9-12H,7-8,13-18H2. The van der Waals surface area contributed by atoms with Gasteiger partial charge in [0.1, 0.15) is 0 Å². The molecule has 0 radical (unpaired) electrons. The molecule has 1 aliphatic rings. The topological polar surface area (TPSA) is 0 Å². The second-order valence-corrected chi connectivity index (χ2v) is 11.3. The Morgan fingerprint density at radius 2 is 0.909 bits per heavy atom. The molecule has 3 rings (SSSR count). The molecule has 0 saturated carbocycles. The SMILES string of the molecule is c1ccc(CP2CCCP(Cc3ccccc3)CCC2)cc1. The average Bonchev–Trinajstić information content (AvgIpc) is 2.54. The van der Waals surface area contributed by atoms with Crippen LogP contribution in [0.2, 0.25) is 0 Å². The van der Waals surface area contributed by atoms with E-state index in [9.17, 15) is 0 Å². The summed E-state index contributed by atoms with van der Waals surface area (Å²) in [5.74, 6) is 0. The highest BCUT2D eigenvalue weighted by molar-refractivity contribution is 7.58. The molecule has 0 aliphatic carbocycles. The number of benzene rings is 2. The van der Waals surface area contributed by atoms with Crippen molar-refractivity contribution in [1.29, 1.82) is 0 Å². The van der Waals surface area contributed by atoms with E-state index in [1.54, 1.807) is 11.1 Å². The fraction of sp³-hybridized carbons (Fsp3) is 0.400. The Kier molecular flexibility index (Phi) is 6.47. The van der Waals surface area contributed by atoms with Crippen LogP contribution in [0.1, 0.15) is 24.0 Å². The van der Waals surface area contributed by atoms with E-state index in [1.807, 2.05) is 0 Å². The van der Waals surface area contributed by atoms with E-state index < -0.39 is 0 Å². The molecule has 0 atom stereocenters. The highest BCUT2D eigenvalue weighted by Gasteiger charge is 2.16. The molecule has 1 heterocycles. The van der Waals surface area contributed by atoms with Crippen molar-refractivity contribution in [2.24, 2.45) is 0 Å². The van der Waals surface area contributed by atoms with E-state index in [2.05, 4.69) is 60.7 Å². The van der Waals surface area contributed by atoms with Gasteiger partial charge in [0, 0.05) is 0 Å². The first-order valence-electron chi connectivity index (χ1n) is 8.43. The summed E-state index contributed by atoms with van der Waals surface area (Å²) in [4.78, 5) is 0. The van der Waals surface area contributed by atoms with Gasteiger partial charge in [-0.25, -0.2) is 0 Å². The van der Waals surface area contributed by atoms with Crippen molar-refractivity contribution in [1.82, 2.24) is 0 Å². The fourth-order valence-electron chi connectivity index (χ4n) is 3.26. The van der Waals surface area contributed by atoms with Gasteiger partial charge in [0.25, 0.3) is 0 Å². The first-order valence-corrected chi connectivity index (χ1v) is 12.2. The Balaban J connectivity index is 1.48. The van der Waals surface area contributed by atoms with E-state index in [0.29, 0.717) is 0 Å². The lowest BCUT2D eigenvalue weighted by molar-refractivity contribution is 1.01. The van der Waals surface area contributed by atoms with Crippen molar-refractivity contribution in [3.05, 3.63) is 71.8 Å². The van der Waals surface area contributed by atoms with E-state index in [-0.39, 0.29) is 15.8 Å². The van der Waals surface area contributed by atoms with Crippen LogP contribution in [0.4, 0.5) is 0 Å². The molecule has 1 saturated heterocycles. The van der Waals surface area contributed by atoms with E-state index in [4.69, 9.17) is 0 Å². The first-order chi connectivity index (χ1) is 10.9. The molecule has 0 N–H and O–H groups in total. The highest BCUT2D eigenvalue weighted by atomic mass is 31.1. The molecule has 0 spiro atoms. The first kappa shape index (κ1) is 16.2. The second-order valence-electron chi connectivity index (χ2n) is 6.23. The molecule has 22 heavy (non-hydrogen) atoms. The van der Waals surface area contributed by atoms with Crippen LogP contribution < -0.4 is 0 Å². The van der Waals surface area contributed by atoms with Gasteiger partial charge in [-0.1, -0.05) is 60.7 Å². The Morgan fingerprint density at radius 1 is 0.545 bits per heavy atom. The molecular weight excluding hydrogens is 302 g/mol. The zero-order chi connectivity index (χ0) is 15.0.